The minimum Gasteiger partial charge on any atom is -0.370 e. The van der Waals surface area contributed by atoms with Crippen LogP contribution in [0.3, 0.4) is 0 Å². The molecule has 0 radical (unpaired) electrons. The molecule has 180 valence electrons. The van der Waals surface area contributed by atoms with Gasteiger partial charge in [-0.1, -0.05) is 6.07 Å². The highest BCUT2D eigenvalue weighted by atomic mass is 16.2. The van der Waals surface area contributed by atoms with E-state index in [0.29, 0.717) is 19.0 Å². The van der Waals surface area contributed by atoms with Crippen molar-refractivity contribution in [2.45, 2.75) is 38.1 Å². The van der Waals surface area contributed by atoms with E-state index in [-0.39, 0.29) is 18.0 Å². The van der Waals surface area contributed by atoms with Crippen molar-refractivity contribution < 1.29 is 9.59 Å². The van der Waals surface area contributed by atoms with E-state index in [1.54, 1.807) is 6.20 Å². The first-order chi connectivity index (χ1) is 16.6. The predicted molar refractivity (Wildman–Crippen MR) is 137 cm³/mol. The molecule has 2 aliphatic heterocycles. The third-order valence-electron chi connectivity index (χ3n) is 6.06. The first-order valence-electron chi connectivity index (χ1n) is 12.1. The molecule has 3 heterocycles. The van der Waals surface area contributed by atoms with E-state index in [9.17, 15) is 9.59 Å². The van der Waals surface area contributed by atoms with Crippen LogP contribution in [0.25, 0.3) is 0 Å². The van der Waals surface area contributed by atoms with E-state index in [0.717, 1.165) is 74.4 Å². The molecule has 1 aromatic heterocycles. The summed E-state index contributed by atoms with van der Waals surface area (Å²) in [6.45, 7) is 3.84. The number of nitrogens with one attached hydrogen (secondary N) is 5. The van der Waals surface area contributed by atoms with Crippen LogP contribution in [-0.4, -0.2) is 73.4 Å². The first kappa shape index (κ1) is 23.8. The summed E-state index contributed by atoms with van der Waals surface area (Å²) < 4.78 is 0. The summed E-state index contributed by atoms with van der Waals surface area (Å²) in [6, 6.07) is 7.41. The average molecular weight is 464 g/mol. The van der Waals surface area contributed by atoms with Crippen LogP contribution in [0, 0.1) is 0 Å². The number of hydrogen-bond acceptors (Lipinski definition) is 7. The van der Waals surface area contributed by atoms with Crippen molar-refractivity contribution in [3.63, 3.8) is 0 Å². The van der Waals surface area contributed by atoms with Crippen molar-refractivity contribution in [1.29, 1.82) is 0 Å². The molecule has 5 N–H and O–H groups in total. The van der Waals surface area contributed by atoms with E-state index < -0.39 is 0 Å². The monoisotopic (exact) mass is 464 g/mol. The Kier molecular flexibility index (Phi) is 8.19. The Balaban J connectivity index is 1.26. The van der Waals surface area contributed by atoms with E-state index in [1.807, 2.05) is 37.0 Å². The smallest absolute Gasteiger partial charge is 0.321 e. The zero-order chi connectivity index (χ0) is 23.8. The number of carbonyl (C=O) groups excluding carboxylic acids is 2. The Morgan fingerprint density at radius 2 is 1.97 bits per heavy atom. The summed E-state index contributed by atoms with van der Waals surface area (Å²) in [5.74, 6) is 1.30. The van der Waals surface area contributed by atoms with Gasteiger partial charge in [0.1, 0.15) is 13.7 Å². The molecule has 2 fully saturated rings. The quantitative estimate of drug-likeness (QED) is 0.275. The molecule has 0 bridgehead atoms. The van der Waals surface area contributed by atoms with Crippen molar-refractivity contribution in [3.8, 4) is 0 Å². The minimum atomic E-state index is -0.0663. The van der Waals surface area contributed by atoms with Gasteiger partial charge in [-0.15, -0.1) is 0 Å². The van der Waals surface area contributed by atoms with Gasteiger partial charge in [-0.2, -0.15) is 4.98 Å². The highest BCUT2D eigenvalue weighted by Gasteiger charge is 2.21. The van der Waals surface area contributed by atoms with Crippen molar-refractivity contribution in [2.24, 2.45) is 0 Å². The fraction of sp³-hybridized carbons (Fsp3) is 0.478. The molecular formula is C23H33BN8O2. The van der Waals surface area contributed by atoms with Gasteiger partial charge in [0.15, 0.2) is 0 Å². The van der Waals surface area contributed by atoms with Crippen LogP contribution in [0.15, 0.2) is 30.5 Å². The van der Waals surface area contributed by atoms with E-state index >= 15 is 0 Å². The van der Waals surface area contributed by atoms with E-state index in [4.69, 9.17) is 0 Å². The molecule has 3 amide bonds. The lowest BCUT2D eigenvalue weighted by molar-refractivity contribution is -0.122. The maximum Gasteiger partial charge on any atom is 0.321 e. The Labute approximate surface area is 201 Å². The molecule has 0 saturated carbocycles. The predicted octanol–water partition coefficient (Wildman–Crippen LogP) is 0.777. The first-order valence-corrected chi connectivity index (χ1v) is 12.1. The fourth-order valence-corrected chi connectivity index (χ4v) is 4.15. The van der Waals surface area contributed by atoms with Crippen LogP contribution in [-0.2, 0) is 4.79 Å². The van der Waals surface area contributed by atoms with E-state index in [2.05, 4.69) is 36.6 Å². The number of hydrogen-bond donors (Lipinski definition) is 5. The lowest BCUT2D eigenvalue weighted by atomic mass is 9.99. The number of rotatable bonds is 9. The molecule has 11 heteroatoms. The number of carbonyl (C=O) groups is 2. The molecule has 0 unspecified atom stereocenters. The molecule has 2 saturated heterocycles. The van der Waals surface area contributed by atoms with Crippen molar-refractivity contribution in [3.05, 3.63) is 30.5 Å². The molecule has 4 rings (SSSR count). The van der Waals surface area contributed by atoms with Crippen molar-refractivity contribution >= 4 is 48.4 Å². The molecule has 2 aromatic rings. The minimum absolute atomic E-state index is 0.0438. The van der Waals surface area contributed by atoms with Gasteiger partial charge in [0, 0.05) is 43.8 Å². The summed E-state index contributed by atoms with van der Waals surface area (Å²) in [4.78, 5) is 35.2. The van der Waals surface area contributed by atoms with Crippen LogP contribution in [0.1, 0.15) is 32.1 Å². The maximum absolute atomic E-state index is 12.4. The Hall–Kier alpha value is -3.34. The lowest BCUT2D eigenvalue weighted by Crippen LogP contribution is -2.41. The lowest BCUT2D eigenvalue weighted by Gasteiger charge is -2.16. The van der Waals surface area contributed by atoms with Crippen LogP contribution in [0.5, 0.6) is 0 Å². The van der Waals surface area contributed by atoms with Gasteiger partial charge in [-0.3, -0.25) is 4.79 Å². The van der Waals surface area contributed by atoms with Gasteiger partial charge >= 0.3 is 6.03 Å². The van der Waals surface area contributed by atoms with Crippen molar-refractivity contribution in [1.82, 2.24) is 25.5 Å². The standard InChI is InChI=1S/C23H33BN8O2/c24-18-15-28-22(31-20(18)26-10-5-11-27-21(33)19-8-4-9-25-19)29-16-6-3-7-17(14-16)30-23(34)32-12-1-2-13-32/h3,6-7,14-15,19,25H,1-2,4-5,8-13,24H2,(H,27,33)(H,30,34)(H2,26,28,29,31)/t19-/m0/s1. The second-order valence-corrected chi connectivity index (χ2v) is 8.78. The van der Waals surface area contributed by atoms with Crippen LogP contribution >= 0.6 is 0 Å². The van der Waals surface area contributed by atoms with E-state index in [1.165, 1.54) is 0 Å². The maximum atomic E-state index is 12.4. The average Bonchev–Trinajstić information content (AvgIpc) is 3.56. The number of anilines is 4. The molecule has 2 aliphatic rings. The van der Waals surface area contributed by atoms with Gasteiger partial charge in [-0.25, -0.2) is 9.78 Å². The van der Waals surface area contributed by atoms with Gasteiger partial charge in [0.2, 0.25) is 11.9 Å². The normalized spacial score (nSPS) is 17.4. The highest BCUT2D eigenvalue weighted by Crippen LogP contribution is 2.19. The second-order valence-electron chi connectivity index (χ2n) is 8.78. The molecule has 0 spiro atoms. The van der Waals surface area contributed by atoms with Gasteiger partial charge < -0.3 is 31.5 Å². The highest BCUT2D eigenvalue weighted by molar-refractivity contribution is 6.35. The zero-order valence-electron chi connectivity index (χ0n) is 19.7. The summed E-state index contributed by atoms with van der Waals surface area (Å²) in [7, 11) is 1.95. The van der Waals surface area contributed by atoms with Crippen LogP contribution in [0.4, 0.5) is 27.9 Å². The summed E-state index contributed by atoms with van der Waals surface area (Å²) in [5.41, 5.74) is 2.45. The summed E-state index contributed by atoms with van der Waals surface area (Å²) in [6.07, 6.45) is 6.65. The number of likely N-dealkylation sites (tertiary alicyclic amines) is 1. The SMILES string of the molecule is Bc1cnc(Nc2cccc(NC(=O)N3CCCC3)c2)nc1NCCCNC(=O)[C@@H]1CCCN1. The largest absolute Gasteiger partial charge is 0.370 e. The second kappa shape index (κ2) is 11.7. The Bertz CT molecular complexity index is 993. The molecule has 1 aromatic carbocycles. The van der Waals surface area contributed by atoms with Crippen LogP contribution < -0.4 is 32.0 Å². The third-order valence-corrected chi connectivity index (χ3v) is 6.06. The summed E-state index contributed by atoms with van der Waals surface area (Å²) >= 11 is 0. The number of amides is 3. The van der Waals surface area contributed by atoms with Gasteiger partial charge in [-0.05, 0) is 62.3 Å². The van der Waals surface area contributed by atoms with Gasteiger partial charge in [0.05, 0.1) is 6.04 Å². The number of aromatic nitrogens is 2. The third kappa shape index (κ3) is 6.60. The van der Waals surface area contributed by atoms with Crippen molar-refractivity contribution in [2.75, 3.05) is 48.7 Å². The van der Waals surface area contributed by atoms with Crippen LogP contribution in [0.2, 0.25) is 0 Å². The Morgan fingerprint density at radius 1 is 1.15 bits per heavy atom. The molecular weight excluding hydrogens is 431 g/mol. The molecule has 10 nitrogen and oxygen atoms in total. The number of nitrogens with zero attached hydrogens (tertiary/aromatic N) is 3. The zero-order valence-corrected chi connectivity index (χ0v) is 19.7. The number of benzene rings is 1. The fourth-order valence-electron chi connectivity index (χ4n) is 4.15. The van der Waals surface area contributed by atoms with Gasteiger partial charge in [0.25, 0.3) is 0 Å². The molecule has 1 atom stereocenters. The molecule has 0 aliphatic carbocycles. The Morgan fingerprint density at radius 3 is 2.76 bits per heavy atom. The molecule has 34 heavy (non-hydrogen) atoms. The topological polar surface area (TPSA) is 123 Å². The number of urea groups is 1. The summed E-state index contributed by atoms with van der Waals surface area (Å²) in [5, 5.41) is 15.7.